The largest absolute Gasteiger partial charge is 0.486 e. The lowest BCUT2D eigenvalue weighted by Gasteiger charge is -2.18. The van der Waals surface area contributed by atoms with E-state index in [0.717, 1.165) is 28.4 Å². The van der Waals surface area contributed by atoms with Gasteiger partial charge in [-0.25, -0.2) is 9.97 Å². The smallest absolute Gasteiger partial charge is 0.314 e. The average Bonchev–Trinajstić information content (AvgIpc) is 3.07. The second-order valence-electron chi connectivity index (χ2n) is 5.86. The Morgan fingerprint density at radius 3 is 2.84 bits per heavy atom. The molecule has 6 heteroatoms. The SMILES string of the molecule is O=C(CCCSc1[nH]c2ccccc2[nH+]1)c1ccc2c(c1)OCCO2. The van der Waals surface area contributed by atoms with E-state index in [1.165, 1.54) is 0 Å². The van der Waals surface area contributed by atoms with Crippen molar-refractivity contribution in [3.05, 3.63) is 48.0 Å². The number of ether oxygens (including phenoxy) is 2. The van der Waals surface area contributed by atoms with Crippen LogP contribution < -0.4 is 14.5 Å². The van der Waals surface area contributed by atoms with Crippen LogP contribution in [0.1, 0.15) is 23.2 Å². The molecule has 128 valence electrons. The Kier molecular flexibility index (Phi) is 4.61. The van der Waals surface area contributed by atoms with Gasteiger partial charge in [-0.3, -0.25) is 4.79 Å². The molecule has 1 aliphatic heterocycles. The van der Waals surface area contributed by atoms with E-state index in [1.807, 2.05) is 36.4 Å². The molecule has 2 aromatic carbocycles. The van der Waals surface area contributed by atoms with Crippen LogP contribution in [-0.2, 0) is 0 Å². The van der Waals surface area contributed by atoms with Gasteiger partial charge in [0.1, 0.15) is 13.2 Å². The lowest BCUT2D eigenvalue weighted by molar-refractivity contribution is -0.396. The predicted octanol–water partition coefficient (Wildman–Crippen LogP) is 3.51. The standard InChI is InChI=1S/C19H18N2O3S/c22-16(13-7-8-17-18(12-13)24-10-9-23-17)6-3-11-25-19-20-14-4-1-2-5-15(14)21-19/h1-2,4-5,7-8,12H,3,6,9-11H2,(H,20,21)/p+1. The minimum atomic E-state index is 0.137. The molecule has 0 unspecified atom stereocenters. The van der Waals surface area contributed by atoms with Crippen LogP contribution in [0.25, 0.3) is 11.0 Å². The molecular formula is C19H19N2O3S+. The number of carbonyl (C=O) groups is 1. The molecule has 25 heavy (non-hydrogen) atoms. The number of hydrogen-bond acceptors (Lipinski definition) is 4. The second kappa shape index (κ2) is 7.19. The third-order valence-corrected chi connectivity index (χ3v) is 5.07. The van der Waals surface area contributed by atoms with Crippen LogP contribution in [0.5, 0.6) is 11.5 Å². The molecule has 3 aromatic rings. The van der Waals surface area contributed by atoms with Crippen molar-refractivity contribution in [3.63, 3.8) is 0 Å². The number of Topliss-reactive ketones (excluding diaryl/α,β-unsaturated/α-hetero) is 1. The number of para-hydroxylation sites is 2. The summed E-state index contributed by atoms with van der Waals surface area (Å²) < 4.78 is 11.0. The number of nitrogens with one attached hydrogen (secondary N) is 2. The lowest BCUT2D eigenvalue weighted by atomic mass is 10.1. The zero-order valence-corrected chi connectivity index (χ0v) is 14.5. The summed E-state index contributed by atoms with van der Waals surface area (Å²) in [4.78, 5) is 19.0. The van der Waals surface area contributed by atoms with Gasteiger partial charge in [-0.2, -0.15) is 0 Å². The number of hydrogen-bond donors (Lipinski definition) is 1. The molecule has 0 saturated carbocycles. The fraction of sp³-hybridized carbons (Fsp3) is 0.263. The van der Waals surface area contributed by atoms with Crippen LogP contribution >= 0.6 is 11.8 Å². The highest BCUT2D eigenvalue weighted by atomic mass is 32.2. The van der Waals surface area contributed by atoms with Crippen molar-refractivity contribution in [2.24, 2.45) is 0 Å². The Labute approximate surface area is 149 Å². The molecule has 0 atom stereocenters. The number of fused-ring (bicyclic) bond motifs is 2. The Morgan fingerprint density at radius 2 is 1.96 bits per heavy atom. The number of imidazole rings is 1. The summed E-state index contributed by atoms with van der Waals surface area (Å²) >= 11 is 1.70. The van der Waals surface area contributed by atoms with Crippen molar-refractivity contribution < 1.29 is 19.3 Å². The molecular weight excluding hydrogens is 336 g/mol. The topological polar surface area (TPSA) is 65.5 Å². The number of rotatable bonds is 6. The summed E-state index contributed by atoms with van der Waals surface area (Å²) in [5.41, 5.74) is 2.88. The van der Waals surface area contributed by atoms with Gasteiger partial charge in [0.15, 0.2) is 28.3 Å². The summed E-state index contributed by atoms with van der Waals surface area (Å²) in [6, 6.07) is 13.5. The Bertz CT molecular complexity index is 874. The molecule has 5 nitrogen and oxygen atoms in total. The van der Waals surface area contributed by atoms with Crippen LogP contribution in [0.4, 0.5) is 0 Å². The van der Waals surface area contributed by atoms with Gasteiger partial charge in [0.05, 0.1) is 0 Å². The van der Waals surface area contributed by atoms with Crippen molar-refractivity contribution in [1.82, 2.24) is 4.98 Å². The van der Waals surface area contributed by atoms with E-state index >= 15 is 0 Å². The van der Waals surface area contributed by atoms with E-state index in [2.05, 4.69) is 9.97 Å². The highest BCUT2D eigenvalue weighted by Crippen LogP contribution is 2.31. The molecule has 0 amide bonds. The number of thioether (sulfide) groups is 1. The van der Waals surface area contributed by atoms with E-state index in [4.69, 9.17) is 9.47 Å². The molecule has 0 fully saturated rings. The van der Waals surface area contributed by atoms with Crippen molar-refractivity contribution in [3.8, 4) is 11.5 Å². The number of aromatic nitrogens is 2. The lowest BCUT2D eigenvalue weighted by Crippen LogP contribution is -2.15. The van der Waals surface area contributed by atoms with E-state index < -0.39 is 0 Å². The first-order chi connectivity index (χ1) is 12.3. The summed E-state index contributed by atoms with van der Waals surface area (Å²) in [5.74, 6) is 2.39. The van der Waals surface area contributed by atoms with Crippen molar-refractivity contribution in [2.75, 3.05) is 19.0 Å². The number of benzene rings is 2. The quantitative estimate of drug-likeness (QED) is 0.417. The van der Waals surface area contributed by atoms with Gasteiger partial charge >= 0.3 is 5.16 Å². The van der Waals surface area contributed by atoms with Crippen LogP contribution in [0.15, 0.2) is 47.6 Å². The Hall–Kier alpha value is -2.47. The first kappa shape index (κ1) is 16.0. The maximum absolute atomic E-state index is 12.4. The van der Waals surface area contributed by atoms with Gasteiger partial charge in [-0.05, 0) is 48.5 Å². The molecule has 2 N–H and O–H groups in total. The van der Waals surface area contributed by atoms with Crippen molar-refractivity contribution >= 4 is 28.6 Å². The number of ketones is 1. The second-order valence-corrected chi connectivity index (χ2v) is 6.96. The third-order valence-electron chi connectivity index (χ3n) is 4.08. The van der Waals surface area contributed by atoms with Crippen LogP contribution in [0, 0.1) is 0 Å². The van der Waals surface area contributed by atoms with Crippen LogP contribution in [0.3, 0.4) is 0 Å². The number of H-pyrrole nitrogens is 2. The van der Waals surface area contributed by atoms with Crippen LogP contribution in [0.2, 0.25) is 0 Å². The minimum Gasteiger partial charge on any atom is -0.486 e. The third kappa shape index (κ3) is 3.64. The van der Waals surface area contributed by atoms with Crippen molar-refractivity contribution in [1.29, 1.82) is 0 Å². The Morgan fingerprint density at radius 1 is 1.12 bits per heavy atom. The first-order valence-electron chi connectivity index (χ1n) is 8.35. The average molecular weight is 355 g/mol. The van der Waals surface area contributed by atoms with Gasteiger partial charge < -0.3 is 9.47 Å². The molecule has 0 radical (unpaired) electrons. The minimum absolute atomic E-state index is 0.137. The van der Waals surface area contributed by atoms with Gasteiger partial charge in [0, 0.05) is 17.7 Å². The fourth-order valence-corrected chi connectivity index (χ4v) is 3.67. The van der Waals surface area contributed by atoms with E-state index in [-0.39, 0.29) is 5.78 Å². The monoisotopic (exact) mass is 355 g/mol. The molecule has 4 rings (SSSR count). The number of aromatic amines is 2. The molecule has 0 bridgehead atoms. The summed E-state index contributed by atoms with van der Waals surface area (Å²) in [7, 11) is 0. The number of carbonyl (C=O) groups excluding carboxylic acids is 1. The fourth-order valence-electron chi connectivity index (χ4n) is 2.82. The molecule has 0 aliphatic carbocycles. The highest BCUT2D eigenvalue weighted by molar-refractivity contribution is 7.99. The van der Waals surface area contributed by atoms with Gasteiger partial charge in [-0.15, -0.1) is 0 Å². The molecule has 1 aromatic heterocycles. The van der Waals surface area contributed by atoms with Gasteiger partial charge in [0.25, 0.3) is 0 Å². The molecule has 2 heterocycles. The predicted molar refractivity (Wildman–Crippen MR) is 96.6 cm³/mol. The van der Waals surface area contributed by atoms with E-state index in [0.29, 0.717) is 36.7 Å². The molecule has 1 aliphatic rings. The summed E-state index contributed by atoms with van der Waals surface area (Å²) in [6.45, 7) is 1.09. The zero-order valence-electron chi connectivity index (χ0n) is 13.7. The summed E-state index contributed by atoms with van der Waals surface area (Å²) in [5, 5.41) is 1.02. The van der Waals surface area contributed by atoms with Crippen LogP contribution in [-0.4, -0.2) is 29.7 Å². The van der Waals surface area contributed by atoms with Crippen molar-refractivity contribution in [2.45, 2.75) is 18.0 Å². The zero-order chi connectivity index (χ0) is 17.1. The highest BCUT2D eigenvalue weighted by Gasteiger charge is 2.15. The molecule has 0 spiro atoms. The maximum atomic E-state index is 12.4. The summed E-state index contributed by atoms with van der Waals surface area (Å²) in [6.07, 6.45) is 1.34. The van der Waals surface area contributed by atoms with E-state index in [9.17, 15) is 4.79 Å². The normalized spacial score (nSPS) is 13.1. The molecule has 0 saturated heterocycles. The van der Waals surface area contributed by atoms with Gasteiger partial charge in [-0.1, -0.05) is 12.1 Å². The van der Waals surface area contributed by atoms with E-state index in [1.54, 1.807) is 17.8 Å². The first-order valence-corrected chi connectivity index (χ1v) is 9.34. The maximum Gasteiger partial charge on any atom is 0.314 e. The Balaban J connectivity index is 1.30. The van der Waals surface area contributed by atoms with Gasteiger partial charge in [0.2, 0.25) is 0 Å².